The van der Waals surface area contributed by atoms with E-state index in [0.29, 0.717) is 6.61 Å². The third-order valence-corrected chi connectivity index (χ3v) is 7.98. The first-order chi connectivity index (χ1) is 7.15. The van der Waals surface area contributed by atoms with Crippen LogP contribution in [0.4, 0.5) is 0 Å². The van der Waals surface area contributed by atoms with Crippen molar-refractivity contribution in [3.8, 4) is 0 Å². The number of carbonyl (C=O) groups is 1. The van der Waals surface area contributed by atoms with Crippen molar-refractivity contribution in [2.75, 3.05) is 13.7 Å². The molecule has 3 nitrogen and oxygen atoms in total. The summed E-state index contributed by atoms with van der Waals surface area (Å²) in [5.74, 6) is -0.291. The van der Waals surface area contributed by atoms with Crippen molar-refractivity contribution in [1.82, 2.24) is 0 Å². The van der Waals surface area contributed by atoms with Crippen LogP contribution in [0.1, 0.15) is 34.1 Å². The van der Waals surface area contributed by atoms with Crippen molar-refractivity contribution < 1.29 is 14.0 Å². The van der Waals surface area contributed by atoms with Crippen molar-refractivity contribution in [1.29, 1.82) is 0 Å². The van der Waals surface area contributed by atoms with Gasteiger partial charge in [0.2, 0.25) is 0 Å². The zero-order valence-corrected chi connectivity index (χ0v) is 12.7. The summed E-state index contributed by atoms with van der Waals surface area (Å²) in [6, 6.07) is 0. The average molecular weight is 246 g/mol. The maximum Gasteiger partial charge on any atom is 0.310 e. The first-order valence-corrected chi connectivity index (χ1v) is 8.78. The molecule has 0 aromatic heterocycles. The van der Waals surface area contributed by atoms with Crippen LogP contribution in [0, 0.1) is 5.92 Å². The van der Waals surface area contributed by atoms with Gasteiger partial charge < -0.3 is 9.16 Å². The Morgan fingerprint density at radius 2 is 1.81 bits per heavy atom. The highest BCUT2D eigenvalue weighted by atomic mass is 28.4. The molecule has 0 saturated carbocycles. The Labute approximate surface area is 101 Å². The van der Waals surface area contributed by atoms with Crippen LogP contribution in [-0.2, 0) is 14.0 Å². The normalized spacial score (nSPS) is 14.7. The third kappa shape index (κ3) is 4.26. The molecule has 0 fully saturated rings. The van der Waals surface area contributed by atoms with Gasteiger partial charge in [-0.05, 0) is 24.6 Å². The second kappa shape index (κ2) is 5.82. The van der Waals surface area contributed by atoms with Crippen LogP contribution in [0.3, 0.4) is 0 Å². The van der Waals surface area contributed by atoms with Crippen LogP contribution >= 0.6 is 0 Å². The SMILES string of the molecule is CC[C@H](CO[Si](C)(C)C(C)(C)C)C(=O)OC. The van der Waals surface area contributed by atoms with E-state index in [2.05, 4.69) is 33.9 Å². The zero-order valence-electron chi connectivity index (χ0n) is 11.7. The molecule has 16 heavy (non-hydrogen) atoms. The maximum absolute atomic E-state index is 11.4. The molecule has 0 aromatic carbocycles. The summed E-state index contributed by atoms with van der Waals surface area (Å²) in [6.45, 7) is 13.4. The number of ether oxygens (including phenoxy) is 1. The highest BCUT2D eigenvalue weighted by Crippen LogP contribution is 2.36. The molecule has 0 spiro atoms. The van der Waals surface area contributed by atoms with Crippen LogP contribution in [0.5, 0.6) is 0 Å². The van der Waals surface area contributed by atoms with Crippen LogP contribution in [0.25, 0.3) is 0 Å². The Bertz CT molecular complexity index is 231. The number of hydrogen-bond acceptors (Lipinski definition) is 3. The summed E-state index contributed by atoms with van der Waals surface area (Å²) in [6.07, 6.45) is 0.765. The third-order valence-electron chi connectivity index (χ3n) is 3.48. The fraction of sp³-hybridized carbons (Fsp3) is 0.917. The zero-order chi connectivity index (χ0) is 13.0. The number of hydrogen-bond donors (Lipinski definition) is 0. The molecule has 0 unspecified atom stereocenters. The minimum Gasteiger partial charge on any atom is -0.469 e. The molecule has 1 atom stereocenters. The van der Waals surface area contributed by atoms with Gasteiger partial charge in [0.05, 0.1) is 13.0 Å². The van der Waals surface area contributed by atoms with E-state index in [-0.39, 0.29) is 16.9 Å². The van der Waals surface area contributed by atoms with Crippen molar-refractivity contribution in [3.05, 3.63) is 0 Å². The highest BCUT2D eigenvalue weighted by Gasteiger charge is 2.38. The molecule has 0 saturated heterocycles. The molecular formula is C12H26O3Si. The Balaban J connectivity index is 4.37. The summed E-state index contributed by atoms with van der Waals surface area (Å²) >= 11 is 0. The lowest BCUT2D eigenvalue weighted by atomic mass is 10.1. The van der Waals surface area contributed by atoms with Gasteiger partial charge in [0.1, 0.15) is 0 Å². The van der Waals surface area contributed by atoms with E-state index in [1.54, 1.807) is 0 Å². The van der Waals surface area contributed by atoms with Crippen LogP contribution < -0.4 is 0 Å². The number of esters is 1. The topological polar surface area (TPSA) is 35.5 Å². The van der Waals surface area contributed by atoms with Gasteiger partial charge in [0.25, 0.3) is 0 Å². The van der Waals surface area contributed by atoms with Crippen LogP contribution in [0.2, 0.25) is 18.1 Å². The van der Waals surface area contributed by atoms with Gasteiger partial charge in [0.15, 0.2) is 8.32 Å². The summed E-state index contributed by atoms with van der Waals surface area (Å²) in [7, 11) is -0.322. The molecule has 0 N–H and O–H groups in total. The summed E-state index contributed by atoms with van der Waals surface area (Å²) in [5.41, 5.74) is 0. The van der Waals surface area contributed by atoms with Crippen LogP contribution in [-0.4, -0.2) is 28.0 Å². The second-order valence-electron chi connectivity index (χ2n) is 5.70. The standard InChI is InChI=1S/C12H26O3Si/c1-8-10(11(13)14-5)9-15-16(6,7)12(2,3)4/h10H,8-9H2,1-7H3/t10-/m1/s1. The molecule has 0 aliphatic heterocycles. The monoisotopic (exact) mass is 246 g/mol. The lowest BCUT2D eigenvalue weighted by molar-refractivity contribution is -0.146. The molecule has 4 heteroatoms. The van der Waals surface area contributed by atoms with Crippen molar-refractivity contribution in [3.63, 3.8) is 0 Å². The quantitative estimate of drug-likeness (QED) is 0.552. The first kappa shape index (κ1) is 15.6. The van der Waals surface area contributed by atoms with Crippen molar-refractivity contribution in [2.45, 2.75) is 52.2 Å². The lowest BCUT2D eigenvalue weighted by Crippen LogP contribution is -2.42. The van der Waals surface area contributed by atoms with Crippen molar-refractivity contribution >= 4 is 14.3 Å². The van der Waals surface area contributed by atoms with E-state index in [0.717, 1.165) is 6.42 Å². The average Bonchev–Trinajstić information content (AvgIpc) is 2.16. The summed E-state index contributed by atoms with van der Waals surface area (Å²) in [5, 5.41) is 0.182. The molecule has 0 aromatic rings. The first-order valence-electron chi connectivity index (χ1n) is 5.87. The molecule has 0 aliphatic carbocycles. The predicted octanol–water partition coefficient (Wildman–Crippen LogP) is 3.21. The highest BCUT2D eigenvalue weighted by molar-refractivity contribution is 6.74. The molecular weight excluding hydrogens is 220 g/mol. The lowest BCUT2D eigenvalue weighted by Gasteiger charge is -2.36. The number of carbonyl (C=O) groups excluding carboxylic acids is 1. The van der Waals surface area contributed by atoms with E-state index in [9.17, 15) is 4.79 Å². The molecule has 0 bridgehead atoms. The fourth-order valence-corrected chi connectivity index (χ4v) is 2.10. The molecule has 0 aliphatic rings. The van der Waals surface area contributed by atoms with Gasteiger partial charge in [0, 0.05) is 6.61 Å². The second-order valence-corrected chi connectivity index (χ2v) is 10.5. The molecule has 0 amide bonds. The van der Waals surface area contributed by atoms with Gasteiger partial charge in [-0.3, -0.25) is 4.79 Å². The van der Waals surface area contributed by atoms with E-state index in [1.165, 1.54) is 7.11 Å². The minimum atomic E-state index is -1.75. The maximum atomic E-state index is 11.4. The largest absolute Gasteiger partial charge is 0.469 e. The Morgan fingerprint density at radius 1 is 1.31 bits per heavy atom. The summed E-state index contributed by atoms with van der Waals surface area (Å²) < 4.78 is 10.8. The number of methoxy groups -OCH3 is 1. The Kier molecular flexibility index (Phi) is 5.69. The molecule has 0 radical (unpaired) electrons. The summed E-state index contributed by atoms with van der Waals surface area (Å²) in [4.78, 5) is 11.4. The van der Waals surface area contributed by atoms with Gasteiger partial charge in [-0.1, -0.05) is 27.7 Å². The predicted molar refractivity (Wildman–Crippen MR) is 68.9 cm³/mol. The number of rotatable bonds is 5. The van der Waals surface area contributed by atoms with E-state index in [1.807, 2.05) is 6.92 Å². The van der Waals surface area contributed by atoms with E-state index in [4.69, 9.17) is 9.16 Å². The Hall–Kier alpha value is -0.353. The van der Waals surface area contributed by atoms with Gasteiger partial charge >= 0.3 is 5.97 Å². The Morgan fingerprint density at radius 3 is 2.12 bits per heavy atom. The smallest absolute Gasteiger partial charge is 0.310 e. The van der Waals surface area contributed by atoms with Gasteiger partial charge in [-0.25, -0.2) is 0 Å². The van der Waals surface area contributed by atoms with Gasteiger partial charge in [-0.15, -0.1) is 0 Å². The molecule has 0 heterocycles. The van der Waals surface area contributed by atoms with E-state index >= 15 is 0 Å². The van der Waals surface area contributed by atoms with E-state index < -0.39 is 8.32 Å². The van der Waals surface area contributed by atoms with Crippen LogP contribution in [0.15, 0.2) is 0 Å². The fourth-order valence-electron chi connectivity index (χ4n) is 1.04. The molecule has 0 rings (SSSR count). The molecule has 96 valence electrons. The van der Waals surface area contributed by atoms with Gasteiger partial charge in [-0.2, -0.15) is 0 Å². The minimum absolute atomic E-state index is 0.126. The van der Waals surface area contributed by atoms with Crippen molar-refractivity contribution in [2.24, 2.45) is 5.92 Å².